The van der Waals surface area contributed by atoms with Crippen molar-refractivity contribution in [1.82, 2.24) is 9.88 Å². The van der Waals surface area contributed by atoms with E-state index in [1.165, 1.54) is 5.56 Å². The van der Waals surface area contributed by atoms with Crippen molar-refractivity contribution in [1.29, 1.82) is 0 Å². The fourth-order valence-corrected chi connectivity index (χ4v) is 7.04. The average molecular weight is 447 g/mol. The largest absolute Gasteiger partial charge is 0.504 e. The fourth-order valence-electron chi connectivity index (χ4n) is 6.91. The summed E-state index contributed by atoms with van der Waals surface area (Å²) < 4.78 is 6.49. The molecule has 1 unspecified atom stereocenters. The lowest BCUT2D eigenvalue weighted by Gasteiger charge is -2.62. The van der Waals surface area contributed by atoms with Crippen molar-refractivity contribution in [2.75, 3.05) is 13.6 Å². The molecule has 3 heterocycles. The number of aromatic hydroxyl groups is 1. The van der Waals surface area contributed by atoms with Gasteiger partial charge in [0.05, 0.1) is 16.7 Å². The number of aliphatic hydroxyl groups is 1. The molecule has 7 rings (SSSR count). The van der Waals surface area contributed by atoms with Crippen LogP contribution in [0.3, 0.4) is 0 Å². The summed E-state index contributed by atoms with van der Waals surface area (Å²) in [5.74, 6) is 0.678. The second kappa shape index (κ2) is 6.04. The van der Waals surface area contributed by atoms with E-state index in [0.29, 0.717) is 17.2 Å². The Morgan fingerprint density at radius 2 is 1.94 bits per heavy atom. The van der Waals surface area contributed by atoms with Crippen LogP contribution in [0.15, 0.2) is 48.7 Å². The van der Waals surface area contributed by atoms with Crippen LogP contribution in [0.4, 0.5) is 0 Å². The van der Waals surface area contributed by atoms with Crippen LogP contribution in [-0.2, 0) is 18.3 Å². The Morgan fingerprint density at radius 3 is 2.75 bits per heavy atom. The number of phenols is 1. The van der Waals surface area contributed by atoms with Gasteiger partial charge in [0, 0.05) is 34.8 Å². The predicted molar refractivity (Wildman–Crippen MR) is 121 cm³/mol. The Balaban J connectivity index is 1.46. The third kappa shape index (κ3) is 2.10. The van der Waals surface area contributed by atoms with Crippen LogP contribution in [0.25, 0.3) is 11.1 Å². The maximum atomic E-state index is 12.5. The number of halogens is 1. The van der Waals surface area contributed by atoms with E-state index in [2.05, 4.69) is 18.0 Å². The number of likely N-dealkylation sites (tertiary alicyclic amines) is 1. The topological polar surface area (TPSA) is 65.8 Å². The van der Waals surface area contributed by atoms with Gasteiger partial charge in [0.2, 0.25) is 0 Å². The van der Waals surface area contributed by atoms with Gasteiger partial charge in [-0.25, -0.2) is 0 Å². The van der Waals surface area contributed by atoms with E-state index < -0.39 is 17.1 Å². The molecule has 1 saturated heterocycles. The molecule has 2 aromatic carbocycles. The Kier molecular flexibility index (Phi) is 3.57. The number of hydrogen-bond acceptors (Lipinski definition) is 5. The van der Waals surface area contributed by atoms with Crippen molar-refractivity contribution in [2.24, 2.45) is 0 Å². The number of fused-ring (bicyclic) bond motifs is 2. The van der Waals surface area contributed by atoms with Crippen molar-refractivity contribution in [3.63, 3.8) is 0 Å². The molecular formula is C26H23ClN2O3. The number of nitrogens with zero attached hydrogens (tertiary/aromatic N) is 2. The van der Waals surface area contributed by atoms with Gasteiger partial charge in [0.15, 0.2) is 17.6 Å². The molecule has 1 spiro atoms. The number of ether oxygens (including phenoxy) is 1. The summed E-state index contributed by atoms with van der Waals surface area (Å²) in [7, 11) is 2.10. The zero-order valence-corrected chi connectivity index (χ0v) is 18.4. The number of hydrogen-bond donors (Lipinski definition) is 2. The first-order chi connectivity index (χ1) is 15.4. The van der Waals surface area contributed by atoms with E-state index in [-0.39, 0.29) is 11.8 Å². The average Bonchev–Trinajstić information content (AvgIpc) is 3.14. The second-order valence-electron chi connectivity index (χ2n) is 9.74. The Bertz CT molecular complexity index is 1290. The van der Waals surface area contributed by atoms with Gasteiger partial charge in [-0.1, -0.05) is 29.8 Å². The SMILES string of the molecule is CN1CC[C@]23c4c5ccc(O)c4O[C@H]2c2ncc(-c4ccc(Cl)cc4)cc2C[C@@]3(O)C1C5. The fraction of sp³-hybridized carbons (Fsp3) is 0.346. The summed E-state index contributed by atoms with van der Waals surface area (Å²) in [5, 5.41) is 23.8. The summed E-state index contributed by atoms with van der Waals surface area (Å²) in [6, 6.07) is 13.6. The van der Waals surface area contributed by atoms with Crippen LogP contribution in [0.1, 0.15) is 34.9 Å². The molecule has 2 aliphatic heterocycles. The first-order valence-corrected chi connectivity index (χ1v) is 11.5. The molecule has 4 aliphatic rings. The summed E-state index contributed by atoms with van der Waals surface area (Å²) >= 11 is 6.07. The lowest BCUT2D eigenvalue weighted by molar-refractivity contribution is -0.168. The first kappa shape index (κ1) is 18.9. The van der Waals surface area contributed by atoms with Crippen LogP contribution in [0, 0.1) is 0 Å². The molecule has 2 bridgehead atoms. The van der Waals surface area contributed by atoms with Crippen molar-refractivity contribution in [3.8, 4) is 22.6 Å². The summed E-state index contributed by atoms with van der Waals surface area (Å²) in [4.78, 5) is 7.18. The quantitative estimate of drug-likeness (QED) is 0.591. The standard InChI is InChI=1S/C26H23ClN2O3/c1-29-9-8-25-21-15-4-7-19(30)23(21)32-24(25)22-16(12-26(25,31)20(29)11-15)10-17(13-28-22)14-2-5-18(27)6-3-14/h2-7,10,13,20,24,30-31H,8-9,11-12H2,1H3/t20?,24-,25-,26+/m0/s1. The molecule has 1 fully saturated rings. The third-order valence-electron chi connectivity index (χ3n) is 8.37. The molecule has 0 amide bonds. The highest BCUT2D eigenvalue weighted by molar-refractivity contribution is 6.30. The number of pyridine rings is 1. The van der Waals surface area contributed by atoms with Crippen LogP contribution in [-0.4, -0.2) is 45.3 Å². The molecule has 2 aliphatic carbocycles. The number of aromatic nitrogens is 1. The maximum absolute atomic E-state index is 12.5. The molecule has 0 radical (unpaired) electrons. The molecule has 0 saturated carbocycles. The molecule has 1 aromatic heterocycles. The minimum Gasteiger partial charge on any atom is -0.504 e. The maximum Gasteiger partial charge on any atom is 0.166 e. The van der Waals surface area contributed by atoms with Crippen molar-refractivity contribution < 1.29 is 14.9 Å². The van der Waals surface area contributed by atoms with Crippen molar-refractivity contribution in [3.05, 3.63) is 76.1 Å². The van der Waals surface area contributed by atoms with E-state index in [1.807, 2.05) is 36.5 Å². The molecule has 6 heteroatoms. The Labute approximate surface area is 191 Å². The van der Waals surface area contributed by atoms with E-state index in [1.54, 1.807) is 6.07 Å². The van der Waals surface area contributed by atoms with Crippen molar-refractivity contribution in [2.45, 2.75) is 42.4 Å². The van der Waals surface area contributed by atoms with E-state index in [0.717, 1.165) is 47.3 Å². The molecule has 32 heavy (non-hydrogen) atoms. The van der Waals surface area contributed by atoms with Gasteiger partial charge in [0.25, 0.3) is 0 Å². The van der Waals surface area contributed by atoms with Crippen LogP contribution in [0.5, 0.6) is 11.5 Å². The van der Waals surface area contributed by atoms with Gasteiger partial charge in [-0.05, 0) is 67.4 Å². The van der Waals surface area contributed by atoms with Gasteiger partial charge < -0.3 is 19.8 Å². The lowest BCUT2D eigenvalue weighted by Crippen LogP contribution is -2.74. The number of benzene rings is 2. The highest BCUT2D eigenvalue weighted by Crippen LogP contribution is 2.68. The summed E-state index contributed by atoms with van der Waals surface area (Å²) in [6.07, 6.45) is 3.50. The highest BCUT2D eigenvalue weighted by atomic mass is 35.5. The molecule has 2 N–H and O–H groups in total. The Morgan fingerprint density at radius 1 is 1.12 bits per heavy atom. The molecular weight excluding hydrogens is 424 g/mol. The third-order valence-corrected chi connectivity index (χ3v) is 8.62. The lowest BCUT2D eigenvalue weighted by atomic mass is 9.49. The summed E-state index contributed by atoms with van der Waals surface area (Å²) in [6.45, 7) is 0.875. The normalized spacial score (nSPS) is 31.6. The van der Waals surface area contributed by atoms with Gasteiger partial charge >= 0.3 is 0 Å². The smallest absolute Gasteiger partial charge is 0.166 e. The summed E-state index contributed by atoms with van der Waals surface area (Å²) in [5.41, 5.74) is 4.50. The molecule has 162 valence electrons. The number of likely N-dealkylation sites (N-methyl/N-ethyl adjacent to an activating group) is 1. The minimum absolute atomic E-state index is 0.0160. The Hall–Kier alpha value is -2.60. The van der Waals surface area contributed by atoms with Gasteiger partial charge in [-0.15, -0.1) is 0 Å². The van der Waals surface area contributed by atoms with Crippen LogP contribution >= 0.6 is 11.6 Å². The van der Waals surface area contributed by atoms with E-state index >= 15 is 0 Å². The zero-order chi connectivity index (χ0) is 21.8. The highest BCUT2D eigenvalue weighted by Gasteiger charge is 2.72. The van der Waals surface area contributed by atoms with E-state index in [4.69, 9.17) is 21.3 Å². The molecule has 5 nitrogen and oxygen atoms in total. The van der Waals surface area contributed by atoms with Gasteiger partial charge in [0.1, 0.15) is 0 Å². The number of piperidine rings is 1. The predicted octanol–water partition coefficient (Wildman–Crippen LogP) is 4.03. The zero-order valence-electron chi connectivity index (χ0n) is 17.7. The van der Waals surface area contributed by atoms with Gasteiger partial charge in [-0.3, -0.25) is 4.98 Å². The molecule has 3 aromatic rings. The molecule has 4 atom stereocenters. The van der Waals surface area contributed by atoms with E-state index in [9.17, 15) is 10.2 Å². The number of rotatable bonds is 1. The second-order valence-corrected chi connectivity index (χ2v) is 10.2. The monoisotopic (exact) mass is 446 g/mol. The van der Waals surface area contributed by atoms with Crippen LogP contribution in [0.2, 0.25) is 5.02 Å². The first-order valence-electron chi connectivity index (χ1n) is 11.1. The van der Waals surface area contributed by atoms with Gasteiger partial charge in [-0.2, -0.15) is 0 Å². The minimum atomic E-state index is -0.996. The van der Waals surface area contributed by atoms with Crippen LogP contribution < -0.4 is 4.74 Å². The van der Waals surface area contributed by atoms with Crippen molar-refractivity contribution >= 4 is 11.6 Å². The number of phenolic OH excluding ortho intramolecular Hbond substituents is 1.